The normalized spacial score (nSPS) is 17.2. The van der Waals surface area contributed by atoms with Gasteiger partial charge in [-0.1, -0.05) is 0 Å². The number of piperazine rings is 1. The molecule has 1 aliphatic heterocycles. The van der Waals surface area contributed by atoms with Crippen LogP contribution >= 0.6 is 0 Å². The van der Waals surface area contributed by atoms with E-state index in [2.05, 4.69) is 19.8 Å². The summed E-state index contributed by atoms with van der Waals surface area (Å²) in [7, 11) is 0. The molecule has 5 nitrogen and oxygen atoms in total. The number of nitrogens with zero attached hydrogens (tertiary/aromatic N) is 4. The molecular formula is C13H23N5. The lowest BCUT2D eigenvalue weighted by molar-refractivity contribution is 0.256. The highest BCUT2D eigenvalue weighted by molar-refractivity contribution is 5.38. The summed E-state index contributed by atoms with van der Waals surface area (Å²) in [5.74, 6) is 1.01. The standard InChI is InChI=1S/C13H23N5/c1-11-12(2)16-13(10-15-11)18-8-6-17(7-9-18)5-3-4-14/h10H,3-9,14H2,1-2H3. The molecule has 2 heterocycles. The maximum Gasteiger partial charge on any atom is 0.147 e. The molecule has 0 saturated carbocycles. The van der Waals surface area contributed by atoms with Gasteiger partial charge in [-0.25, -0.2) is 4.98 Å². The zero-order valence-corrected chi connectivity index (χ0v) is 11.4. The number of hydrogen-bond donors (Lipinski definition) is 1. The number of rotatable bonds is 4. The molecule has 0 amide bonds. The molecule has 1 fully saturated rings. The van der Waals surface area contributed by atoms with Crippen LogP contribution in [0.2, 0.25) is 0 Å². The largest absolute Gasteiger partial charge is 0.353 e. The van der Waals surface area contributed by atoms with Crippen LogP contribution in [0.3, 0.4) is 0 Å². The maximum atomic E-state index is 5.54. The first-order chi connectivity index (χ1) is 8.70. The fraction of sp³-hybridized carbons (Fsp3) is 0.692. The summed E-state index contributed by atoms with van der Waals surface area (Å²) in [5, 5.41) is 0. The third-order valence-electron chi connectivity index (χ3n) is 3.55. The molecule has 0 unspecified atom stereocenters. The molecule has 1 saturated heterocycles. The fourth-order valence-electron chi connectivity index (χ4n) is 2.20. The van der Waals surface area contributed by atoms with Crippen molar-refractivity contribution in [3.8, 4) is 0 Å². The van der Waals surface area contributed by atoms with Crippen molar-refractivity contribution in [1.82, 2.24) is 14.9 Å². The number of anilines is 1. The van der Waals surface area contributed by atoms with E-state index in [9.17, 15) is 0 Å². The second-order valence-electron chi connectivity index (χ2n) is 4.87. The van der Waals surface area contributed by atoms with E-state index < -0.39 is 0 Å². The van der Waals surface area contributed by atoms with Crippen molar-refractivity contribution >= 4 is 5.82 Å². The summed E-state index contributed by atoms with van der Waals surface area (Å²) in [6.45, 7) is 10.2. The molecule has 0 radical (unpaired) electrons. The highest BCUT2D eigenvalue weighted by Gasteiger charge is 2.17. The summed E-state index contributed by atoms with van der Waals surface area (Å²) in [6, 6.07) is 0. The van der Waals surface area contributed by atoms with Crippen LogP contribution in [0.4, 0.5) is 5.82 Å². The van der Waals surface area contributed by atoms with Crippen LogP contribution in [-0.4, -0.2) is 54.1 Å². The minimum atomic E-state index is 0.781. The molecule has 2 N–H and O–H groups in total. The van der Waals surface area contributed by atoms with Gasteiger partial charge in [-0.05, 0) is 33.4 Å². The van der Waals surface area contributed by atoms with E-state index in [1.807, 2.05) is 20.0 Å². The van der Waals surface area contributed by atoms with Crippen LogP contribution in [0.15, 0.2) is 6.20 Å². The average Bonchev–Trinajstić information content (AvgIpc) is 2.40. The fourth-order valence-corrected chi connectivity index (χ4v) is 2.20. The van der Waals surface area contributed by atoms with Gasteiger partial charge in [0.2, 0.25) is 0 Å². The third-order valence-corrected chi connectivity index (χ3v) is 3.55. The van der Waals surface area contributed by atoms with Crippen LogP contribution in [0.5, 0.6) is 0 Å². The van der Waals surface area contributed by atoms with Gasteiger partial charge in [0.15, 0.2) is 0 Å². The maximum absolute atomic E-state index is 5.54. The predicted molar refractivity (Wildman–Crippen MR) is 73.8 cm³/mol. The van der Waals surface area contributed by atoms with Crippen molar-refractivity contribution in [1.29, 1.82) is 0 Å². The molecule has 0 spiro atoms. The number of aromatic nitrogens is 2. The molecule has 0 aromatic carbocycles. The lowest BCUT2D eigenvalue weighted by atomic mass is 10.3. The minimum absolute atomic E-state index is 0.781. The smallest absolute Gasteiger partial charge is 0.147 e. The van der Waals surface area contributed by atoms with Crippen LogP contribution in [0, 0.1) is 13.8 Å². The predicted octanol–water partition coefficient (Wildman–Crippen LogP) is 0.564. The van der Waals surface area contributed by atoms with Crippen molar-refractivity contribution < 1.29 is 0 Å². The highest BCUT2D eigenvalue weighted by atomic mass is 15.3. The quantitative estimate of drug-likeness (QED) is 0.845. The molecule has 1 aromatic rings. The Labute approximate surface area is 109 Å². The van der Waals surface area contributed by atoms with Gasteiger partial charge in [0.25, 0.3) is 0 Å². The first-order valence-electron chi connectivity index (χ1n) is 6.68. The van der Waals surface area contributed by atoms with Gasteiger partial charge in [-0.2, -0.15) is 0 Å². The number of nitrogens with two attached hydrogens (primary N) is 1. The lowest BCUT2D eigenvalue weighted by Crippen LogP contribution is -2.47. The van der Waals surface area contributed by atoms with Crippen molar-refractivity contribution in [3.05, 3.63) is 17.6 Å². The summed E-state index contributed by atoms with van der Waals surface area (Å²) in [5.41, 5.74) is 7.58. The number of aryl methyl sites for hydroxylation is 2. The van der Waals surface area contributed by atoms with Gasteiger partial charge in [-0.3, -0.25) is 9.88 Å². The highest BCUT2D eigenvalue weighted by Crippen LogP contribution is 2.14. The Morgan fingerprint density at radius 3 is 2.50 bits per heavy atom. The van der Waals surface area contributed by atoms with E-state index in [1.165, 1.54) is 0 Å². The molecule has 18 heavy (non-hydrogen) atoms. The van der Waals surface area contributed by atoms with Gasteiger partial charge >= 0.3 is 0 Å². The van der Waals surface area contributed by atoms with E-state index in [0.717, 1.165) is 62.9 Å². The Morgan fingerprint density at radius 1 is 1.17 bits per heavy atom. The summed E-state index contributed by atoms with van der Waals surface area (Å²) in [6.07, 6.45) is 2.97. The Morgan fingerprint density at radius 2 is 1.89 bits per heavy atom. The molecule has 1 aliphatic rings. The average molecular weight is 249 g/mol. The Balaban J connectivity index is 1.90. The number of hydrogen-bond acceptors (Lipinski definition) is 5. The van der Waals surface area contributed by atoms with E-state index in [-0.39, 0.29) is 0 Å². The van der Waals surface area contributed by atoms with E-state index in [4.69, 9.17) is 5.73 Å². The van der Waals surface area contributed by atoms with E-state index >= 15 is 0 Å². The van der Waals surface area contributed by atoms with Crippen molar-refractivity contribution in [3.63, 3.8) is 0 Å². The van der Waals surface area contributed by atoms with Crippen molar-refractivity contribution in [2.24, 2.45) is 5.73 Å². The lowest BCUT2D eigenvalue weighted by Gasteiger charge is -2.35. The Kier molecular flexibility index (Phi) is 4.49. The molecule has 0 atom stereocenters. The second kappa shape index (κ2) is 6.11. The summed E-state index contributed by atoms with van der Waals surface area (Å²) < 4.78 is 0. The van der Waals surface area contributed by atoms with Gasteiger partial charge in [0.1, 0.15) is 5.82 Å². The van der Waals surface area contributed by atoms with Crippen molar-refractivity contribution in [2.75, 3.05) is 44.2 Å². The van der Waals surface area contributed by atoms with Gasteiger partial charge in [0.05, 0.1) is 17.6 Å². The first kappa shape index (κ1) is 13.2. The monoisotopic (exact) mass is 249 g/mol. The molecule has 0 aliphatic carbocycles. The molecule has 1 aromatic heterocycles. The molecular weight excluding hydrogens is 226 g/mol. The first-order valence-corrected chi connectivity index (χ1v) is 6.68. The minimum Gasteiger partial charge on any atom is -0.353 e. The van der Waals surface area contributed by atoms with Crippen molar-refractivity contribution in [2.45, 2.75) is 20.3 Å². The van der Waals surface area contributed by atoms with Crippen LogP contribution in [-0.2, 0) is 0 Å². The van der Waals surface area contributed by atoms with Gasteiger partial charge < -0.3 is 10.6 Å². The zero-order chi connectivity index (χ0) is 13.0. The topological polar surface area (TPSA) is 58.3 Å². The molecule has 2 rings (SSSR count). The molecule has 100 valence electrons. The van der Waals surface area contributed by atoms with E-state index in [0.29, 0.717) is 0 Å². The molecule has 0 bridgehead atoms. The van der Waals surface area contributed by atoms with Gasteiger partial charge in [-0.15, -0.1) is 0 Å². The Bertz CT molecular complexity index is 385. The van der Waals surface area contributed by atoms with Gasteiger partial charge in [0, 0.05) is 26.2 Å². The second-order valence-corrected chi connectivity index (χ2v) is 4.87. The zero-order valence-electron chi connectivity index (χ0n) is 11.4. The molecule has 5 heteroatoms. The van der Waals surface area contributed by atoms with Crippen LogP contribution in [0.1, 0.15) is 17.8 Å². The summed E-state index contributed by atoms with van der Waals surface area (Å²) in [4.78, 5) is 13.8. The van der Waals surface area contributed by atoms with Crippen LogP contribution in [0.25, 0.3) is 0 Å². The Hall–Kier alpha value is -1.20. The van der Waals surface area contributed by atoms with E-state index in [1.54, 1.807) is 0 Å². The SMILES string of the molecule is Cc1ncc(N2CCN(CCCN)CC2)nc1C. The van der Waals surface area contributed by atoms with Crippen LogP contribution < -0.4 is 10.6 Å². The summed E-state index contributed by atoms with van der Waals surface area (Å²) >= 11 is 0. The third kappa shape index (κ3) is 3.17.